The third-order valence-corrected chi connectivity index (χ3v) is 4.17. The minimum absolute atomic E-state index is 0.142. The molecular weight excluding hydrogens is 272 g/mol. The molecule has 0 bridgehead atoms. The number of para-hydroxylation sites is 1. The molecule has 3 atom stereocenters. The average Bonchev–Trinajstić information content (AvgIpc) is 2.93. The smallest absolute Gasteiger partial charge is 0.333 e. The highest BCUT2D eigenvalue weighted by molar-refractivity contribution is 5.92. The van der Waals surface area contributed by atoms with E-state index in [9.17, 15) is 9.59 Å². The Balaban J connectivity index is 2.06. The van der Waals surface area contributed by atoms with Crippen LogP contribution in [-0.2, 0) is 19.1 Å². The van der Waals surface area contributed by atoms with Crippen molar-refractivity contribution in [3.05, 3.63) is 41.5 Å². The van der Waals surface area contributed by atoms with Gasteiger partial charge in [-0.05, 0) is 11.6 Å². The molecule has 0 amide bonds. The van der Waals surface area contributed by atoms with Crippen molar-refractivity contribution in [3.63, 3.8) is 0 Å². The fourth-order valence-corrected chi connectivity index (χ4v) is 3.22. The van der Waals surface area contributed by atoms with E-state index in [1.54, 1.807) is 6.08 Å². The van der Waals surface area contributed by atoms with Crippen LogP contribution in [0.15, 0.2) is 35.9 Å². The summed E-state index contributed by atoms with van der Waals surface area (Å²) >= 11 is 0. The number of benzene rings is 1. The van der Waals surface area contributed by atoms with Gasteiger partial charge in [0.15, 0.2) is 0 Å². The molecule has 1 aromatic carbocycles. The Bertz CT molecular complexity index is 619. The number of ether oxygens (including phenoxy) is 3. The second-order valence-corrected chi connectivity index (χ2v) is 5.14. The molecular formula is C16H16O5. The van der Waals surface area contributed by atoms with E-state index in [4.69, 9.17) is 14.2 Å². The lowest BCUT2D eigenvalue weighted by molar-refractivity contribution is -0.144. The van der Waals surface area contributed by atoms with Gasteiger partial charge < -0.3 is 14.2 Å². The zero-order valence-corrected chi connectivity index (χ0v) is 11.9. The fourth-order valence-electron chi connectivity index (χ4n) is 3.22. The molecule has 0 radical (unpaired) electrons. The van der Waals surface area contributed by atoms with E-state index in [2.05, 4.69) is 0 Å². The zero-order chi connectivity index (χ0) is 15.0. The highest BCUT2D eigenvalue weighted by Crippen LogP contribution is 2.49. The molecule has 21 heavy (non-hydrogen) atoms. The van der Waals surface area contributed by atoms with Crippen LogP contribution in [0.1, 0.15) is 11.5 Å². The van der Waals surface area contributed by atoms with Crippen molar-refractivity contribution < 1.29 is 23.8 Å². The van der Waals surface area contributed by atoms with Crippen molar-refractivity contribution in [1.29, 1.82) is 0 Å². The Labute approximate surface area is 122 Å². The Morgan fingerprint density at radius 2 is 1.95 bits per heavy atom. The van der Waals surface area contributed by atoms with Crippen LogP contribution in [-0.4, -0.2) is 32.8 Å². The molecule has 110 valence electrons. The summed E-state index contributed by atoms with van der Waals surface area (Å²) in [4.78, 5) is 24.0. The molecule has 0 saturated carbocycles. The predicted octanol–water partition coefficient (Wildman–Crippen LogP) is 1.68. The van der Waals surface area contributed by atoms with Crippen LogP contribution in [0.2, 0.25) is 0 Å². The van der Waals surface area contributed by atoms with Crippen molar-refractivity contribution in [2.24, 2.45) is 11.8 Å². The topological polar surface area (TPSA) is 61.8 Å². The van der Waals surface area contributed by atoms with E-state index in [-0.39, 0.29) is 17.8 Å². The molecule has 1 aliphatic carbocycles. The number of esters is 2. The molecule has 0 unspecified atom stereocenters. The highest BCUT2D eigenvalue weighted by Gasteiger charge is 2.48. The van der Waals surface area contributed by atoms with Gasteiger partial charge in [-0.2, -0.15) is 0 Å². The lowest BCUT2D eigenvalue weighted by atomic mass is 9.79. The normalized spacial score (nSPS) is 26.0. The number of hydrogen-bond acceptors (Lipinski definition) is 5. The van der Waals surface area contributed by atoms with Crippen LogP contribution in [0.25, 0.3) is 0 Å². The maximum atomic E-state index is 12.1. The van der Waals surface area contributed by atoms with Gasteiger partial charge >= 0.3 is 11.9 Å². The zero-order valence-electron chi connectivity index (χ0n) is 11.9. The Hall–Kier alpha value is -2.30. The van der Waals surface area contributed by atoms with Gasteiger partial charge in [0.05, 0.1) is 26.7 Å². The minimum Gasteiger partial charge on any atom is -0.493 e. The molecule has 0 N–H and O–H groups in total. The highest BCUT2D eigenvalue weighted by atomic mass is 16.5. The molecule has 1 aliphatic heterocycles. The van der Waals surface area contributed by atoms with E-state index in [1.807, 2.05) is 24.3 Å². The number of fused-ring (bicyclic) bond motifs is 3. The SMILES string of the molecule is COC(=O)C1=C[C@H](C(=O)OC)[C@H]2c3ccccc3OC[C@@H]12. The average molecular weight is 288 g/mol. The predicted molar refractivity (Wildman–Crippen MR) is 73.8 cm³/mol. The van der Waals surface area contributed by atoms with Gasteiger partial charge in [-0.1, -0.05) is 24.3 Å². The second-order valence-electron chi connectivity index (χ2n) is 5.14. The van der Waals surface area contributed by atoms with Gasteiger partial charge in [0.25, 0.3) is 0 Å². The summed E-state index contributed by atoms with van der Waals surface area (Å²) in [5, 5.41) is 0. The first-order valence-electron chi connectivity index (χ1n) is 6.77. The first kappa shape index (κ1) is 13.7. The van der Waals surface area contributed by atoms with Gasteiger partial charge in [-0.15, -0.1) is 0 Å². The largest absolute Gasteiger partial charge is 0.493 e. The molecule has 3 rings (SSSR count). The van der Waals surface area contributed by atoms with E-state index < -0.39 is 11.9 Å². The molecule has 0 fully saturated rings. The summed E-state index contributed by atoms with van der Waals surface area (Å²) in [6, 6.07) is 7.58. The molecule has 0 spiro atoms. The van der Waals surface area contributed by atoms with Gasteiger partial charge in [0.2, 0.25) is 0 Å². The summed E-state index contributed by atoms with van der Waals surface area (Å²) in [5.74, 6) is -0.820. The molecule has 0 aromatic heterocycles. The summed E-state index contributed by atoms with van der Waals surface area (Å²) in [6.07, 6.45) is 1.67. The Morgan fingerprint density at radius 1 is 1.19 bits per heavy atom. The van der Waals surface area contributed by atoms with Crippen LogP contribution in [0.4, 0.5) is 0 Å². The first-order valence-corrected chi connectivity index (χ1v) is 6.77. The molecule has 1 heterocycles. The van der Waals surface area contributed by atoms with Crippen LogP contribution in [0.5, 0.6) is 5.75 Å². The number of rotatable bonds is 2. The van der Waals surface area contributed by atoms with E-state index in [0.29, 0.717) is 12.2 Å². The third-order valence-electron chi connectivity index (χ3n) is 4.17. The van der Waals surface area contributed by atoms with Crippen molar-refractivity contribution in [3.8, 4) is 5.75 Å². The molecule has 0 saturated heterocycles. The Kier molecular flexibility index (Phi) is 3.41. The molecule has 1 aromatic rings. The number of carbonyl (C=O) groups excluding carboxylic acids is 2. The maximum absolute atomic E-state index is 12.1. The lowest BCUT2D eigenvalue weighted by Gasteiger charge is -2.32. The van der Waals surface area contributed by atoms with E-state index >= 15 is 0 Å². The van der Waals surface area contributed by atoms with Gasteiger partial charge in [-0.25, -0.2) is 4.79 Å². The monoisotopic (exact) mass is 288 g/mol. The van der Waals surface area contributed by atoms with Crippen molar-refractivity contribution in [2.75, 3.05) is 20.8 Å². The lowest BCUT2D eigenvalue weighted by Crippen LogP contribution is -2.31. The van der Waals surface area contributed by atoms with Gasteiger partial charge in [-0.3, -0.25) is 4.79 Å². The minimum atomic E-state index is -0.487. The Morgan fingerprint density at radius 3 is 2.67 bits per heavy atom. The van der Waals surface area contributed by atoms with Crippen molar-refractivity contribution in [1.82, 2.24) is 0 Å². The molecule has 5 heteroatoms. The number of methoxy groups -OCH3 is 2. The number of carbonyl (C=O) groups is 2. The third kappa shape index (κ3) is 2.09. The van der Waals surface area contributed by atoms with Crippen molar-refractivity contribution in [2.45, 2.75) is 5.92 Å². The van der Waals surface area contributed by atoms with Crippen molar-refractivity contribution >= 4 is 11.9 Å². The van der Waals surface area contributed by atoms with Crippen LogP contribution >= 0.6 is 0 Å². The number of hydrogen-bond donors (Lipinski definition) is 0. The van der Waals surface area contributed by atoms with Gasteiger partial charge in [0.1, 0.15) is 5.75 Å². The first-order chi connectivity index (χ1) is 10.2. The van der Waals surface area contributed by atoms with Crippen LogP contribution in [0, 0.1) is 11.8 Å². The fraction of sp³-hybridized carbons (Fsp3) is 0.375. The van der Waals surface area contributed by atoms with Crippen LogP contribution in [0.3, 0.4) is 0 Å². The van der Waals surface area contributed by atoms with Gasteiger partial charge in [0, 0.05) is 17.4 Å². The molecule has 2 aliphatic rings. The quantitative estimate of drug-likeness (QED) is 0.775. The van der Waals surface area contributed by atoms with E-state index in [1.165, 1.54) is 14.2 Å². The summed E-state index contributed by atoms with van der Waals surface area (Å²) in [6.45, 7) is 0.357. The second kappa shape index (κ2) is 5.24. The summed E-state index contributed by atoms with van der Waals surface area (Å²) in [7, 11) is 2.69. The standard InChI is InChI=1S/C16H16O5/c1-19-15(17)10-7-11(16(18)20-2)14-9-5-3-4-6-13(9)21-8-12(10)14/h3-7,11-12,14H,8H2,1-2H3/t11-,12-,14+/m0/s1. The van der Waals surface area contributed by atoms with Crippen LogP contribution < -0.4 is 4.74 Å². The summed E-state index contributed by atoms with van der Waals surface area (Å²) < 4.78 is 15.4. The summed E-state index contributed by atoms with van der Waals surface area (Å²) in [5.41, 5.74) is 1.42. The van der Waals surface area contributed by atoms with E-state index in [0.717, 1.165) is 11.3 Å². The maximum Gasteiger partial charge on any atom is 0.333 e. The molecule has 5 nitrogen and oxygen atoms in total.